The monoisotopic (exact) mass is 466 g/mol. The molecule has 1 atom stereocenters. The minimum atomic E-state index is -0.964. The van der Waals surface area contributed by atoms with Gasteiger partial charge in [-0.25, -0.2) is 13.8 Å². The van der Waals surface area contributed by atoms with Crippen molar-refractivity contribution in [3.05, 3.63) is 58.3 Å². The second-order valence-corrected chi connectivity index (χ2v) is 8.04. The summed E-state index contributed by atoms with van der Waals surface area (Å²) >= 11 is 3.03. The molecule has 0 amide bonds. The molecule has 1 fully saturated rings. The zero-order chi connectivity index (χ0) is 20.4. The molecule has 3 aromatic rings. The minimum absolute atomic E-state index is 0.215. The van der Waals surface area contributed by atoms with Gasteiger partial charge < -0.3 is 19.1 Å². The summed E-state index contributed by atoms with van der Waals surface area (Å²) in [6.07, 6.45) is 0.768. The van der Waals surface area contributed by atoms with Gasteiger partial charge in [-0.15, -0.1) is 0 Å². The molecule has 2 aromatic carbocycles. The third kappa shape index (κ3) is 4.44. The van der Waals surface area contributed by atoms with Gasteiger partial charge in [0.15, 0.2) is 17.4 Å². The van der Waals surface area contributed by atoms with E-state index in [1.165, 1.54) is 0 Å². The Morgan fingerprint density at radius 1 is 1.21 bits per heavy atom. The molecule has 1 unspecified atom stereocenters. The molecule has 2 heterocycles. The molecule has 1 aliphatic rings. The van der Waals surface area contributed by atoms with Crippen LogP contribution in [0.5, 0.6) is 5.75 Å². The van der Waals surface area contributed by atoms with Crippen LogP contribution in [0.3, 0.4) is 0 Å². The molecule has 1 aliphatic heterocycles. The average molecular weight is 467 g/mol. The summed E-state index contributed by atoms with van der Waals surface area (Å²) in [6, 6.07) is 9.97. The van der Waals surface area contributed by atoms with Crippen LogP contribution in [-0.4, -0.2) is 40.6 Å². The van der Waals surface area contributed by atoms with Crippen LogP contribution in [0.1, 0.15) is 24.6 Å². The van der Waals surface area contributed by atoms with Gasteiger partial charge in [-0.05, 0) is 37.1 Å². The van der Waals surface area contributed by atoms with E-state index in [-0.39, 0.29) is 23.5 Å². The fourth-order valence-electron chi connectivity index (χ4n) is 3.66. The van der Waals surface area contributed by atoms with E-state index in [2.05, 4.69) is 15.9 Å². The molecule has 1 N–H and O–H groups in total. The van der Waals surface area contributed by atoms with Gasteiger partial charge in [0, 0.05) is 23.6 Å². The number of para-hydroxylation sites is 2. The number of imidazole rings is 1. The van der Waals surface area contributed by atoms with Gasteiger partial charge in [-0.2, -0.15) is 0 Å². The third-order valence-corrected chi connectivity index (χ3v) is 5.50. The third-order valence-electron chi connectivity index (χ3n) is 5.05. The van der Waals surface area contributed by atoms with Crippen molar-refractivity contribution >= 4 is 27.0 Å². The van der Waals surface area contributed by atoms with Gasteiger partial charge in [0.05, 0.1) is 17.6 Å². The fraction of sp³-hybridized carbons (Fsp3) is 0.381. The molecule has 0 radical (unpaired) electrons. The number of halogens is 3. The first-order valence-electron chi connectivity index (χ1n) is 9.51. The minimum Gasteiger partial charge on any atom is -0.485 e. The van der Waals surface area contributed by atoms with E-state index >= 15 is 0 Å². The van der Waals surface area contributed by atoms with Crippen molar-refractivity contribution in [2.75, 3.05) is 19.8 Å². The highest BCUT2D eigenvalue weighted by Crippen LogP contribution is 2.30. The van der Waals surface area contributed by atoms with Crippen LogP contribution in [0.4, 0.5) is 8.78 Å². The quantitative estimate of drug-likeness (QED) is 0.584. The topological polar surface area (TPSA) is 56.5 Å². The first-order valence-corrected chi connectivity index (χ1v) is 10.3. The van der Waals surface area contributed by atoms with Gasteiger partial charge in [0.25, 0.3) is 0 Å². The van der Waals surface area contributed by atoms with Crippen LogP contribution in [-0.2, 0) is 11.3 Å². The van der Waals surface area contributed by atoms with E-state index < -0.39 is 23.5 Å². The largest absolute Gasteiger partial charge is 0.485 e. The van der Waals surface area contributed by atoms with Crippen molar-refractivity contribution in [3.8, 4) is 5.75 Å². The number of hydrogen-bond acceptors (Lipinski definition) is 4. The number of hydrogen-bond donors (Lipinski definition) is 1. The van der Waals surface area contributed by atoms with Crippen LogP contribution in [0.25, 0.3) is 11.0 Å². The van der Waals surface area contributed by atoms with Crippen molar-refractivity contribution in [1.82, 2.24) is 9.55 Å². The lowest BCUT2D eigenvalue weighted by molar-refractivity contribution is 0.0769. The summed E-state index contributed by atoms with van der Waals surface area (Å²) in [5.41, 5.74) is 1.76. The molecule has 0 aliphatic carbocycles. The van der Waals surface area contributed by atoms with E-state index in [9.17, 15) is 13.9 Å². The Labute approximate surface area is 175 Å². The molecule has 8 heteroatoms. The van der Waals surface area contributed by atoms with Crippen molar-refractivity contribution in [2.45, 2.75) is 31.4 Å². The Hall–Kier alpha value is -2.03. The molecular weight excluding hydrogens is 446 g/mol. The lowest BCUT2D eigenvalue weighted by atomic mass is 9.99. The first-order chi connectivity index (χ1) is 14.0. The van der Waals surface area contributed by atoms with Crippen LogP contribution < -0.4 is 4.74 Å². The SMILES string of the molecule is OC(COc1c(F)cc(Br)cc1F)Cn1c(C2CCOCC2)nc2ccccc21. The molecule has 5 nitrogen and oxygen atoms in total. The van der Waals surface area contributed by atoms with E-state index in [0.29, 0.717) is 13.2 Å². The highest BCUT2D eigenvalue weighted by molar-refractivity contribution is 9.10. The molecule has 0 spiro atoms. The maximum absolute atomic E-state index is 14.0. The summed E-state index contributed by atoms with van der Waals surface area (Å²) in [6.45, 7) is 1.34. The van der Waals surface area contributed by atoms with Crippen LogP contribution in [0, 0.1) is 11.6 Å². The van der Waals surface area contributed by atoms with E-state index in [1.807, 2.05) is 28.8 Å². The van der Waals surface area contributed by atoms with Crippen LogP contribution in [0.15, 0.2) is 40.9 Å². The van der Waals surface area contributed by atoms with Gasteiger partial charge in [0.2, 0.25) is 0 Å². The highest BCUT2D eigenvalue weighted by Gasteiger charge is 2.24. The average Bonchev–Trinajstić information content (AvgIpc) is 3.06. The molecular formula is C21H21BrF2N2O3. The van der Waals surface area contributed by atoms with Gasteiger partial charge in [-0.3, -0.25) is 0 Å². The molecule has 4 rings (SSSR count). The van der Waals surface area contributed by atoms with Crippen molar-refractivity contribution in [2.24, 2.45) is 0 Å². The number of rotatable bonds is 6. The van der Waals surface area contributed by atoms with Crippen LogP contribution in [0.2, 0.25) is 0 Å². The second-order valence-electron chi connectivity index (χ2n) is 7.12. The maximum Gasteiger partial charge on any atom is 0.190 e. The van der Waals surface area contributed by atoms with E-state index in [1.54, 1.807) is 0 Å². The van der Waals surface area contributed by atoms with Crippen LogP contribution >= 0.6 is 15.9 Å². The van der Waals surface area contributed by atoms with Gasteiger partial charge in [-0.1, -0.05) is 28.1 Å². The lowest BCUT2D eigenvalue weighted by Gasteiger charge is -2.23. The number of benzene rings is 2. The number of nitrogens with zero attached hydrogens (tertiary/aromatic N) is 2. The highest BCUT2D eigenvalue weighted by atomic mass is 79.9. The first kappa shape index (κ1) is 20.3. The molecule has 1 aromatic heterocycles. The maximum atomic E-state index is 14.0. The molecule has 29 heavy (non-hydrogen) atoms. The zero-order valence-corrected chi connectivity index (χ0v) is 17.2. The summed E-state index contributed by atoms with van der Waals surface area (Å²) in [4.78, 5) is 4.78. The summed E-state index contributed by atoms with van der Waals surface area (Å²) < 4.78 is 40.9. The number of fused-ring (bicyclic) bond motifs is 1. The Kier molecular flexibility index (Phi) is 6.12. The van der Waals surface area contributed by atoms with E-state index in [4.69, 9.17) is 14.5 Å². The van der Waals surface area contributed by atoms with E-state index in [0.717, 1.165) is 41.8 Å². The van der Waals surface area contributed by atoms with Gasteiger partial charge in [0.1, 0.15) is 18.5 Å². The zero-order valence-electron chi connectivity index (χ0n) is 15.7. The Bertz CT molecular complexity index is 982. The lowest BCUT2D eigenvalue weighted by Crippen LogP contribution is -2.26. The number of aliphatic hydroxyl groups is 1. The molecule has 0 bridgehead atoms. The standard InChI is InChI=1S/C21H21BrF2N2O3/c22-14-9-16(23)20(17(24)10-14)29-12-15(27)11-26-19-4-2-1-3-18(19)25-21(26)13-5-7-28-8-6-13/h1-4,9-10,13,15,27H,5-8,11-12H2. The summed E-state index contributed by atoms with van der Waals surface area (Å²) in [5.74, 6) is -0.993. The van der Waals surface area contributed by atoms with Crippen molar-refractivity contribution < 1.29 is 23.4 Å². The van der Waals surface area contributed by atoms with Crippen molar-refractivity contribution in [3.63, 3.8) is 0 Å². The fourth-order valence-corrected chi connectivity index (χ4v) is 4.07. The molecule has 154 valence electrons. The number of aromatic nitrogens is 2. The Morgan fingerprint density at radius 2 is 1.90 bits per heavy atom. The predicted molar refractivity (Wildman–Crippen MR) is 108 cm³/mol. The predicted octanol–water partition coefficient (Wildman–Crippen LogP) is 4.41. The Morgan fingerprint density at radius 3 is 2.62 bits per heavy atom. The second kappa shape index (κ2) is 8.77. The summed E-state index contributed by atoms with van der Waals surface area (Å²) in [5, 5.41) is 10.5. The van der Waals surface area contributed by atoms with Crippen molar-refractivity contribution in [1.29, 1.82) is 0 Å². The number of aliphatic hydroxyl groups excluding tert-OH is 1. The summed E-state index contributed by atoms with van der Waals surface area (Å²) in [7, 11) is 0. The Balaban J connectivity index is 1.54. The molecule has 1 saturated heterocycles. The number of ether oxygens (including phenoxy) is 2. The van der Waals surface area contributed by atoms with Gasteiger partial charge >= 0.3 is 0 Å². The smallest absolute Gasteiger partial charge is 0.190 e. The molecule has 0 saturated carbocycles. The normalized spacial score (nSPS) is 16.3.